The highest BCUT2D eigenvalue weighted by atomic mass is 127. The van der Waals surface area contributed by atoms with Gasteiger partial charge in [-0.1, -0.05) is 25.4 Å². The van der Waals surface area contributed by atoms with Crippen molar-refractivity contribution in [3.63, 3.8) is 0 Å². The van der Waals surface area contributed by atoms with Crippen molar-refractivity contribution in [2.24, 2.45) is 0 Å². The van der Waals surface area contributed by atoms with Crippen LogP contribution >= 0.6 is 56.9 Å². The number of halogens is 2. The fourth-order valence-electron chi connectivity index (χ4n) is 2.85. The van der Waals surface area contributed by atoms with E-state index in [0.29, 0.717) is 27.6 Å². The summed E-state index contributed by atoms with van der Waals surface area (Å²) >= 11 is 11.7. The third-order valence-corrected chi connectivity index (χ3v) is 8.25. The van der Waals surface area contributed by atoms with Crippen molar-refractivity contribution < 1.29 is 4.79 Å². The predicted octanol–water partition coefficient (Wildman–Crippen LogP) is 6.99. The largest absolute Gasteiger partial charge is 0.299 e. The van der Waals surface area contributed by atoms with E-state index < -0.39 is 0 Å². The Morgan fingerprint density at radius 3 is 2.52 bits per heavy atom. The summed E-state index contributed by atoms with van der Waals surface area (Å²) in [7, 11) is 0. The first-order valence-corrected chi connectivity index (χ1v) is 10.8. The number of rotatable bonds is 2. The maximum atomic E-state index is 12.7. The maximum Gasteiger partial charge on any atom is 0.195 e. The van der Waals surface area contributed by atoms with Crippen LogP contribution in [0.5, 0.6) is 0 Å². The summed E-state index contributed by atoms with van der Waals surface area (Å²) in [6.07, 6.45) is 1.85. The highest BCUT2D eigenvalue weighted by Crippen LogP contribution is 2.38. The lowest BCUT2D eigenvalue weighted by Gasteiger charge is -2.00. The van der Waals surface area contributed by atoms with Gasteiger partial charge in [0.2, 0.25) is 0 Å². The predicted molar refractivity (Wildman–Crippen MR) is 117 cm³/mol. The van der Waals surface area contributed by atoms with Crippen molar-refractivity contribution in [1.29, 1.82) is 5.41 Å². The van der Waals surface area contributed by atoms with E-state index in [4.69, 9.17) is 17.0 Å². The van der Waals surface area contributed by atoms with Gasteiger partial charge < -0.3 is 0 Å². The first-order valence-electron chi connectivity index (χ1n) is 7.73. The first-order chi connectivity index (χ1) is 11.8. The van der Waals surface area contributed by atoms with Crippen LogP contribution in [0.25, 0.3) is 15.5 Å². The molecule has 6 heteroatoms. The Kier molecular flexibility index (Phi) is 4.38. The van der Waals surface area contributed by atoms with Crippen molar-refractivity contribution in [2.75, 3.05) is 0 Å². The molecular weight excluding hydrogens is 485 g/mol. The van der Waals surface area contributed by atoms with Crippen LogP contribution in [0.3, 0.4) is 0 Å². The number of allylic oxidation sites excluding steroid dienone is 1. The number of thiophene rings is 2. The third kappa shape index (κ3) is 2.91. The molecule has 0 saturated heterocycles. The summed E-state index contributed by atoms with van der Waals surface area (Å²) in [5, 5.41) is 8.95. The van der Waals surface area contributed by atoms with E-state index >= 15 is 0 Å². The summed E-state index contributed by atoms with van der Waals surface area (Å²) in [6.45, 7) is 4.39. The van der Waals surface area contributed by atoms with Crippen LogP contribution in [-0.2, 0) is 0 Å². The molecule has 0 unspecified atom stereocenters. The number of Topliss-reactive ketones (excluding diaryl/α,β-unsaturated/α-hetero) is 1. The molecule has 0 fully saturated rings. The average molecular weight is 498 g/mol. The molecule has 0 amide bonds. The minimum Gasteiger partial charge on any atom is -0.299 e. The zero-order chi connectivity index (χ0) is 17.9. The molecule has 2 heterocycles. The second-order valence-corrected chi connectivity index (χ2v) is 10.1. The molecule has 2 aromatic heterocycles. The Bertz CT molecular complexity index is 1020. The van der Waals surface area contributed by atoms with Gasteiger partial charge in [-0.15, -0.1) is 22.7 Å². The monoisotopic (exact) mass is 497 g/mol. The Morgan fingerprint density at radius 1 is 1.12 bits per heavy atom. The number of carbonyl (C=O) groups is 1. The number of hydrogen-bond acceptors (Lipinski definition) is 4. The first kappa shape index (κ1) is 17.4. The van der Waals surface area contributed by atoms with Crippen molar-refractivity contribution in [2.45, 2.75) is 19.8 Å². The second-order valence-electron chi connectivity index (χ2n) is 6.25. The van der Waals surface area contributed by atoms with Crippen LogP contribution in [0, 0.1) is 8.98 Å². The van der Waals surface area contributed by atoms with Crippen LogP contribution in [-0.4, -0.2) is 11.5 Å². The van der Waals surface area contributed by atoms with Crippen molar-refractivity contribution in [3.05, 3.63) is 59.3 Å². The lowest BCUT2D eigenvalue weighted by Crippen LogP contribution is -1.99. The smallest absolute Gasteiger partial charge is 0.195 e. The van der Waals surface area contributed by atoms with Crippen LogP contribution in [0.4, 0.5) is 0 Å². The van der Waals surface area contributed by atoms with Gasteiger partial charge in [0.1, 0.15) is 0 Å². The van der Waals surface area contributed by atoms with Gasteiger partial charge in [0.15, 0.2) is 5.78 Å². The Labute approximate surface area is 172 Å². The lowest BCUT2D eigenvalue weighted by atomic mass is 10.1. The molecule has 3 aromatic rings. The van der Waals surface area contributed by atoms with Gasteiger partial charge in [0.25, 0.3) is 0 Å². The van der Waals surface area contributed by atoms with Crippen molar-refractivity contribution in [3.8, 4) is 0 Å². The standard InChI is InChI=1S/C19H13ClINOS2/c1-8(2)15-7-17-16(25-15)4-9(24-17)3-12-18(22)10-6-14(21)13(20)5-11(10)19(12)23/h3-8,22H,1-2H3/b12-3-,22-18?. The number of hydrogen-bond donors (Lipinski definition) is 1. The van der Waals surface area contributed by atoms with E-state index in [1.807, 2.05) is 12.1 Å². The Hall–Kier alpha value is -1.02. The Morgan fingerprint density at radius 2 is 1.84 bits per heavy atom. The molecule has 0 bridgehead atoms. The SMILES string of the molecule is CC(C)c1cc2sc(/C=C3/C(=N)c4cc(I)c(Cl)cc4C3=O)cc2s1. The molecule has 0 atom stereocenters. The van der Waals surface area contributed by atoms with E-state index in [1.54, 1.807) is 28.7 Å². The van der Waals surface area contributed by atoms with E-state index in [-0.39, 0.29) is 11.5 Å². The number of nitrogens with one attached hydrogen (secondary N) is 1. The maximum absolute atomic E-state index is 12.7. The molecule has 0 saturated carbocycles. The fraction of sp³-hybridized carbons (Fsp3) is 0.158. The van der Waals surface area contributed by atoms with Gasteiger partial charge in [0, 0.05) is 39.4 Å². The number of ketones is 1. The van der Waals surface area contributed by atoms with Gasteiger partial charge in [-0.3, -0.25) is 10.2 Å². The number of fused-ring (bicyclic) bond motifs is 2. The van der Waals surface area contributed by atoms with Gasteiger partial charge in [-0.2, -0.15) is 0 Å². The summed E-state index contributed by atoms with van der Waals surface area (Å²) in [6, 6.07) is 7.85. The summed E-state index contributed by atoms with van der Waals surface area (Å²) in [5.74, 6) is 0.413. The Balaban J connectivity index is 1.76. The lowest BCUT2D eigenvalue weighted by molar-refractivity contribution is 0.104. The molecule has 1 aliphatic carbocycles. The number of benzene rings is 1. The highest BCUT2D eigenvalue weighted by Gasteiger charge is 2.31. The molecule has 25 heavy (non-hydrogen) atoms. The van der Waals surface area contributed by atoms with E-state index in [1.165, 1.54) is 14.3 Å². The van der Waals surface area contributed by atoms with Crippen LogP contribution in [0.15, 0.2) is 29.8 Å². The van der Waals surface area contributed by atoms with E-state index in [9.17, 15) is 4.79 Å². The van der Waals surface area contributed by atoms with Gasteiger partial charge in [0.05, 0.1) is 10.7 Å². The van der Waals surface area contributed by atoms with Gasteiger partial charge in [-0.05, 0) is 58.9 Å². The van der Waals surface area contributed by atoms with E-state index in [0.717, 1.165) is 8.45 Å². The minimum atomic E-state index is -0.113. The van der Waals surface area contributed by atoms with Gasteiger partial charge >= 0.3 is 0 Å². The molecule has 0 aliphatic heterocycles. The number of carbonyl (C=O) groups excluding carboxylic acids is 1. The summed E-state index contributed by atoms with van der Waals surface area (Å²) in [4.78, 5) is 15.1. The van der Waals surface area contributed by atoms with Crippen molar-refractivity contribution in [1.82, 2.24) is 0 Å². The minimum absolute atomic E-state index is 0.113. The molecule has 1 N–H and O–H groups in total. The van der Waals surface area contributed by atoms with Crippen LogP contribution in [0.2, 0.25) is 5.02 Å². The van der Waals surface area contributed by atoms with Crippen LogP contribution in [0.1, 0.15) is 45.4 Å². The molecule has 1 aliphatic rings. The zero-order valence-electron chi connectivity index (χ0n) is 13.4. The third-order valence-electron chi connectivity index (χ3n) is 4.19. The fourth-order valence-corrected chi connectivity index (χ4v) is 5.85. The summed E-state index contributed by atoms with van der Waals surface area (Å²) < 4.78 is 3.34. The second kappa shape index (κ2) is 6.30. The van der Waals surface area contributed by atoms with Crippen molar-refractivity contribution >= 4 is 83.8 Å². The topological polar surface area (TPSA) is 40.9 Å². The quantitative estimate of drug-likeness (QED) is 0.301. The molecule has 0 spiro atoms. The molecule has 0 radical (unpaired) electrons. The molecule has 2 nitrogen and oxygen atoms in total. The molecule has 1 aromatic carbocycles. The normalized spacial score (nSPS) is 15.8. The van der Waals surface area contributed by atoms with Crippen LogP contribution < -0.4 is 0 Å². The highest BCUT2D eigenvalue weighted by molar-refractivity contribution is 14.1. The van der Waals surface area contributed by atoms with Gasteiger partial charge in [-0.25, -0.2) is 0 Å². The summed E-state index contributed by atoms with van der Waals surface area (Å²) in [5.41, 5.74) is 1.94. The molecule has 4 rings (SSSR count). The average Bonchev–Trinajstić information content (AvgIpc) is 3.17. The zero-order valence-corrected chi connectivity index (χ0v) is 18.0. The van der Waals surface area contributed by atoms with E-state index in [2.05, 4.69) is 48.6 Å². The molecular formula is C19H13ClINOS2. The molecule has 126 valence electrons.